The maximum Gasteiger partial charge on any atom is 0.273 e. The lowest BCUT2D eigenvalue weighted by Gasteiger charge is -2.22. The number of hydrogen-bond donors (Lipinski definition) is 3. The van der Waals surface area contributed by atoms with Gasteiger partial charge in [-0.25, -0.2) is 4.98 Å². The van der Waals surface area contributed by atoms with E-state index in [2.05, 4.69) is 15.6 Å². The van der Waals surface area contributed by atoms with E-state index in [1.807, 2.05) is 24.3 Å². The van der Waals surface area contributed by atoms with Crippen LogP contribution in [0.5, 0.6) is 5.75 Å². The molecule has 8 nitrogen and oxygen atoms in total. The Labute approximate surface area is 169 Å². The Bertz CT molecular complexity index is 843. The fourth-order valence-corrected chi connectivity index (χ4v) is 3.06. The molecule has 0 spiro atoms. The molecule has 1 aromatic carbocycles. The summed E-state index contributed by atoms with van der Waals surface area (Å²) in [4.78, 5) is 31.0. The summed E-state index contributed by atoms with van der Waals surface area (Å²) in [5, 5.41) is 14.7. The molecule has 8 heteroatoms. The van der Waals surface area contributed by atoms with Gasteiger partial charge in [-0.05, 0) is 43.5 Å². The first-order valence-electron chi connectivity index (χ1n) is 9.80. The molecule has 3 rings (SSSR count). The van der Waals surface area contributed by atoms with E-state index < -0.39 is 0 Å². The third-order valence-electron chi connectivity index (χ3n) is 4.50. The number of nitrogens with zero attached hydrogens (tertiary/aromatic N) is 2. The molecule has 154 valence electrons. The number of aromatic nitrogens is 1. The van der Waals surface area contributed by atoms with E-state index in [4.69, 9.17) is 9.84 Å². The smallest absolute Gasteiger partial charge is 0.273 e. The summed E-state index contributed by atoms with van der Waals surface area (Å²) >= 11 is 0. The third kappa shape index (κ3) is 5.92. The minimum absolute atomic E-state index is 0.0719. The Balaban J connectivity index is 1.84. The van der Waals surface area contributed by atoms with Gasteiger partial charge in [-0.15, -0.1) is 0 Å². The lowest BCUT2D eigenvalue weighted by Crippen LogP contribution is -2.42. The van der Waals surface area contributed by atoms with Crippen LogP contribution < -0.4 is 15.4 Å². The highest BCUT2D eigenvalue weighted by molar-refractivity contribution is 5.95. The first-order valence-corrected chi connectivity index (χ1v) is 9.80. The third-order valence-corrected chi connectivity index (χ3v) is 4.50. The van der Waals surface area contributed by atoms with Gasteiger partial charge >= 0.3 is 0 Å². The number of aliphatic hydroxyl groups is 1. The van der Waals surface area contributed by atoms with E-state index in [9.17, 15) is 9.59 Å². The first kappa shape index (κ1) is 20.6. The molecule has 0 aliphatic carbocycles. The van der Waals surface area contributed by atoms with Gasteiger partial charge in [-0.3, -0.25) is 9.59 Å². The van der Waals surface area contributed by atoms with Crippen LogP contribution in [0, 0.1) is 0 Å². The van der Waals surface area contributed by atoms with Gasteiger partial charge in [0.2, 0.25) is 5.91 Å². The maximum atomic E-state index is 13.0. The molecule has 1 aromatic heterocycles. The number of fused-ring (bicyclic) bond motifs is 3. The second-order valence-electron chi connectivity index (χ2n) is 6.74. The van der Waals surface area contributed by atoms with Crippen molar-refractivity contribution in [2.45, 2.75) is 19.3 Å². The summed E-state index contributed by atoms with van der Waals surface area (Å²) in [5.74, 6) is 0.661. The summed E-state index contributed by atoms with van der Waals surface area (Å²) in [7, 11) is 0. The monoisotopic (exact) mass is 398 g/mol. The maximum absolute atomic E-state index is 13.0. The van der Waals surface area contributed by atoms with Crippen LogP contribution in [0.4, 0.5) is 11.5 Å². The van der Waals surface area contributed by atoms with Gasteiger partial charge < -0.3 is 25.4 Å². The number of hydrogen-bond acceptors (Lipinski definition) is 6. The molecule has 0 unspecified atom stereocenters. The van der Waals surface area contributed by atoms with E-state index in [0.29, 0.717) is 19.0 Å². The summed E-state index contributed by atoms with van der Waals surface area (Å²) in [6, 6.07) is 12.8. The fourth-order valence-electron chi connectivity index (χ4n) is 3.06. The zero-order chi connectivity index (χ0) is 20.5. The van der Waals surface area contributed by atoms with E-state index in [0.717, 1.165) is 30.7 Å². The van der Waals surface area contributed by atoms with Crippen molar-refractivity contribution in [3.8, 4) is 5.75 Å². The number of amides is 2. The normalized spacial score (nSPS) is 14.8. The summed E-state index contributed by atoms with van der Waals surface area (Å²) < 4.78 is 5.90. The minimum Gasteiger partial charge on any atom is -0.491 e. The Morgan fingerprint density at radius 2 is 2.03 bits per heavy atom. The van der Waals surface area contributed by atoms with Crippen LogP contribution in [0.2, 0.25) is 0 Å². The second kappa shape index (κ2) is 10.4. The number of ether oxygens (including phenoxy) is 1. The van der Waals surface area contributed by atoms with Crippen molar-refractivity contribution >= 4 is 23.3 Å². The number of aliphatic hydroxyl groups excluding tert-OH is 1. The number of nitrogens with one attached hydrogen (secondary N) is 2. The number of benzene rings is 1. The van der Waals surface area contributed by atoms with Gasteiger partial charge in [-0.2, -0.15) is 0 Å². The van der Waals surface area contributed by atoms with Crippen molar-refractivity contribution in [3.05, 3.63) is 48.2 Å². The molecule has 0 saturated heterocycles. The van der Waals surface area contributed by atoms with Crippen molar-refractivity contribution in [1.82, 2.24) is 15.2 Å². The van der Waals surface area contributed by atoms with Crippen LogP contribution in [-0.4, -0.2) is 59.7 Å². The van der Waals surface area contributed by atoms with Crippen molar-refractivity contribution in [1.29, 1.82) is 0 Å². The van der Waals surface area contributed by atoms with Gasteiger partial charge in [0.05, 0.1) is 25.4 Å². The van der Waals surface area contributed by atoms with Crippen molar-refractivity contribution in [2.24, 2.45) is 0 Å². The van der Waals surface area contributed by atoms with Crippen LogP contribution in [0.15, 0.2) is 42.5 Å². The second-order valence-corrected chi connectivity index (χ2v) is 6.74. The molecule has 1 aliphatic heterocycles. The van der Waals surface area contributed by atoms with Crippen LogP contribution in [0.1, 0.15) is 29.8 Å². The highest BCUT2D eigenvalue weighted by atomic mass is 16.5. The Morgan fingerprint density at radius 1 is 1.17 bits per heavy atom. The summed E-state index contributed by atoms with van der Waals surface area (Å²) in [6.07, 6.45) is 2.46. The number of carbonyl (C=O) groups is 2. The Morgan fingerprint density at radius 3 is 2.90 bits per heavy atom. The van der Waals surface area contributed by atoms with Crippen LogP contribution >= 0.6 is 0 Å². The average Bonchev–Trinajstić information content (AvgIpc) is 2.74. The molecule has 0 saturated carbocycles. The van der Waals surface area contributed by atoms with Gasteiger partial charge in [0.1, 0.15) is 17.3 Å². The van der Waals surface area contributed by atoms with Gasteiger partial charge in [0.15, 0.2) is 0 Å². The number of rotatable bonds is 4. The number of carbonyl (C=O) groups excluding carboxylic acids is 2. The quantitative estimate of drug-likeness (QED) is 0.727. The summed E-state index contributed by atoms with van der Waals surface area (Å²) in [6.45, 7) is 0.960. The largest absolute Gasteiger partial charge is 0.491 e. The van der Waals surface area contributed by atoms with E-state index >= 15 is 0 Å². The lowest BCUT2D eigenvalue weighted by atomic mass is 10.2. The summed E-state index contributed by atoms with van der Waals surface area (Å²) in [5.41, 5.74) is 1.04. The topological polar surface area (TPSA) is 104 Å². The standard InChI is InChI=1S/C21H26N4O4/c26-13-11-22-20(27)15-25-12-4-1-5-14-29-18-9-3-2-7-16(18)23-19-10-6-8-17(24-19)21(25)28/h2-3,6-10,26H,1,4-5,11-15H2,(H,22,27)(H,23,24). The van der Waals surface area contributed by atoms with E-state index in [1.165, 1.54) is 4.90 Å². The van der Waals surface area contributed by atoms with Crippen LogP contribution in [0.3, 0.4) is 0 Å². The van der Waals surface area contributed by atoms with E-state index in [1.54, 1.807) is 18.2 Å². The minimum atomic E-state index is -0.306. The molecule has 2 amide bonds. The molecule has 0 atom stereocenters. The Kier molecular flexibility index (Phi) is 7.40. The molecule has 2 aromatic rings. The molecule has 0 radical (unpaired) electrons. The predicted octanol–water partition coefficient (Wildman–Crippen LogP) is 1.94. The molecule has 0 fully saturated rings. The number of pyridine rings is 1. The highest BCUT2D eigenvalue weighted by Gasteiger charge is 2.20. The van der Waals surface area contributed by atoms with Crippen molar-refractivity contribution in [2.75, 3.05) is 38.2 Å². The molecular formula is C21H26N4O4. The first-order chi connectivity index (χ1) is 14.2. The molecule has 29 heavy (non-hydrogen) atoms. The zero-order valence-electron chi connectivity index (χ0n) is 16.3. The lowest BCUT2D eigenvalue weighted by molar-refractivity contribution is -0.122. The van der Waals surface area contributed by atoms with Crippen molar-refractivity contribution in [3.63, 3.8) is 0 Å². The van der Waals surface area contributed by atoms with E-state index in [-0.39, 0.29) is 37.2 Å². The SMILES string of the molecule is O=C(CN1CCCCCOc2ccccc2Nc2cccc(n2)C1=O)NCCO. The molecule has 1 aliphatic rings. The van der Waals surface area contributed by atoms with Crippen LogP contribution in [-0.2, 0) is 4.79 Å². The van der Waals surface area contributed by atoms with Crippen LogP contribution in [0.25, 0.3) is 0 Å². The predicted molar refractivity (Wildman–Crippen MR) is 109 cm³/mol. The van der Waals surface area contributed by atoms with Crippen molar-refractivity contribution < 1.29 is 19.4 Å². The molecule has 2 bridgehead atoms. The zero-order valence-corrected chi connectivity index (χ0v) is 16.3. The highest BCUT2D eigenvalue weighted by Crippen LogP contribution is 2.27. The molecule has 3 N–H and O–H groups in total. The fraction of sp³-hybridized carbons (Fsp3) is 0.381. The Hall–Kier alpha value is -3.13. The van der Waals surface area contributed by atoms with Gasteiger partial charge in [0.25, 0.3) is 5.91 Å². The van der Waals surface area contributed by atoms with Gasteiger partial charge in [-0.1, -0.05) is 18.2 Å². The molecular weight excluding hydrogens is 372 g/mol. The molecule has 2 heterocycles. The average molecular weight is 398 g/mol. The number of para-hydroxylation sites is 2. The number of anilines is 2. The van der Waals surface area contributed by atoms with Gasteiger partial charge in [0, 0.05) is 13.1 Å².